The summed E-state index contributed by atoms with van der Waals surface area (Å²) in [5.41, 5.74) is -2.21. The van der Waals surface area contributed by atoms with E-state index in [0.29, 0.717) is 6.20 Å². The van der Waals surface area contributed by atoms with Gasteiger partial charge in [0.25, 0.3) is 12.1 Å². The first-order chi connectivity index (χ1) is 7.52. The molecule has 0 bridgehead atoms. The molecule has 0 N–H and O–H groups in total. The second-order valence-electron chi connectivity index (χ2n) is 2.61. The molecule has 84 valence electrons. The Hall–Kier alpha value is -2.30. The molecule has 0 radical (unpaired) electrons. The van der Waals surface area contributed by atoms with Gasteiger partial charge in [0.05, 0.1) is 12.0 Å². The number of halogens is 2. The minimum absolute atomic E-state index is 0.414. The summed E-state index contributed by atoms with van der Waals surface area (Å²) in [4.78, 5) is 12.9. The Morgan fingerprint density at radius 2 is 2.31 bits per heavy atom. The topological polar surface area (TPSA) is 89.0 Å². The number of methoxy groups -OCH3 is 1. The van der Waals surface area contributed by atoms with Crippen molar-refractivity contribution in [1.29, 1.82) is 5.26 Å². The SMILES string of the molecule is COc1c(C#N)ncc([N+](=O)[O-])c1C(F)F. The zero-order valence-electron chi connectivity index (χ0n) is 7.98. The lowest BCUT2D eigenvalue weighted by molar-refractivity contribution is -0.386. The second kappa shape index (κ2) is 4.48. The van der Waals surface area contributed by atoms with Gasteiger partial charge in [0, 0.05) is 0 Å². The van der Waals surface area contributed by atoms with Gasteiger partial charge in [0.2, 0.25) is 0 Å². The van der Waals surface area contributed by atoms with Gasteiger partial charge in [0.1, 0.15) is 17.8 Å². The molecule has 1 heterocycles. The van der Waals surface area contributed by atoms with Crippen molar-refractivity contribution in [3.05, 3.63) is 27.6 Å². The van der Waals surface area contributed by atoms with Gasteiger partial charge in [-0.15, -0.1) is 0 Å². The maximum absolute atomic E-state index is 12.6. The molecule has 1 rings (SSSR count). The largest absolute Gasteiger partial charge is 0.493 e. The quantitative estimate of drug-likeness (QED) is 0.582. The number of hydrogen-bond acceptors (Lipinski definition) is 5. The van der Waals surface area contributed by atoms with Crippen LogP contribution in [-0.4, -0.2) is 17.0 Å². The predicted molar refractivity (Wildman–Crippen MR) is 47.1 cm³/mol. The highest BCUT2D eigenvalue weighted by molar-refractivity contribution is 5.54. The fraction of sp³-hybridized carbons (Fsp3) is 0.250. The molecule has 0 fully saturated rings. The Balaban J connectivity index is 3.58. The Morgan fingerprint density at radius 1 is 1.69 bits per heavy atom. The van der Waals surface area contributed by atoms with Gasteiger partial charge in [-0.05, 0) is 0 Å². The summed E-state index contributed by atoms with van der Waals surface area (Å²) in [5.74, 6) is -0.563. The van der Waals surface area contributed by atoms with Gasteiger partial charge in [-0.1, -0.05) is 0 Å². The Labute approximate surface area is 88.2 Å². The molecule has 0 aliphatic heterocycles. The Bertz CT molecular complexity index is 470. The smallest absolute Gasteiger partial charge is 0.300 e. The molecule has 0 amide bonds. The summed E-state index contributed by atoms with van der Waals surface area (Å²) in [6.07, 6.45) is -2.51. The third-order valence-corrected chi connectivity index (χ3v) is 1.78. The minimum atomic E-state index is -3.12. The van der Waals surface area contributed by atoms with E-state index in [0.717, 1.165) is 7.11 Å². The van der Waals surface area contributed by atoms with Crippen molar-refractivity contribution < 1.29 is 18.4 Å². The number of nitrogens with zero attached hydrogens (tertiary/aromatic N) is 3. The van der Waals surface area contributed by atoms with E-state index in [4.69, 9.17) is 5.26 Å². The van der Waals surface area contributed by atoms with Crippen LogP contribution in [-0.2, 0) is 0 Å². The molecule has 16 heavy (non-hydrogen) atoms. The number of pyridine rings is 1. The second-order valence-corrected chi connectivity index (χ2v) is 2.61. The van der Waals surface area contributed by atoms with Crippen molar-refractivity contribution in [2.24, 2.45) is 0 Å². The average molecular weight is 229 g/mol. The lowest BCUT2D eigenvalue weighted by Crippen LogP contribution is -2.03. The van der Waals surface area contributed by atoms with Crippen LogP contribution in [0.15, 0.2) is 6.20 Å². The zero-order valence-corrected chi connectivity index (χ0v) is 7.98. The van der Waals surface area contributed by atoms with Crippen LogP contribution in [0.3, 0.4) is 0 Å². The monoisotopic (exact) mass is 229 g/mol. The van der Waals surface area contributed by atoms with Crippen molar-refractivity contribution >= 4 is 5.69 Å². The number of nitriles is 1. The first kappa shape index (κ1) is 11.8. The highest BCUT2D eigenvalue weighted by Gasteiger charge is 2.29. The lowest BCUT2D eigenvalue weighted by atomic mass is 10.1. The van der Waals surface area contributed by atoms with Crippen molar-refractivity contribution in [2.75, 3.05) is 7.11 Å². The molecule has 1 aromatic heterocycles. The number of nitro groups is 1. The van der Waals surface area contributed by atoms with Gasteiger partial charge in [-0.25, -0.2) is 13.8 Å². The normalized spacial score (nSPS) is 9.94. The highest BCUT2D eigenvalue weighted by Crippen LogP contribution is 2.37. The van der Waals surface area contributed by atoms with Gasteiger partial charge < -0.3 is 4.74 Å². The van der Waals surface area contributed by atoms with E-state index in [2.05, 4.69) is 9.72 Å². The van der Waals surface area contributed by atoms with Crippen LogP contribution in [0, 0.1) is 21.4 Å². The van der Waals surface area contributed by atoms with Crippen LogP contribution in [0.5, 0.6) is 5.75 Å². The number of rotatable bonds is 3. The van der Waals surface area contributed by atoms with Crippen molar-refractivity contribution in [3.8, 4) is 11.8 Å². The summed E-state index contributed by atoms with van der Waals surface area (Å²) in [5, 5.41) is 19.1. The molecular formula is C8H5F2N3O3. The van der Waals surface area contributed by atoms with E-state index in [1.807, 2.05) is 0 Å². The maximum Gasteiger partial charge on any atom is 0.300 e. The molecular weight excluding hydrogens is 224 g/mol. The number of ether oxygens (including phenoxy) is 1. The minimum Gasteiger partial charge on any atom is -0.493 e. The van der Waals surface area contributed by atoms with E-state index < -0.39 is 34.0 Å². The van der Waals surface area contributed by atoms with Gasteiger partial charge in [0.15, 0.2) is 11.4 Å². The van der Waals surface area contributed by atoms with Crippen molar-refractivity contribution in [3.63, 3.8) is 0 Å². The zero-order chi connectivity index (χ0) is 12.3. The molecule has 0 saturated heterocycles. The van der Waals surface area contributed by atoms with E-state index in [9.17, 15) is 18.9 Å². The first-order valence-corrected chi connectivity index (χ1v) is 3.92. The van der Waals surface area contributed by atoms with E-state index in [1.165, 1.54) is 6.07 Å². The van der Waals surface area contributed by atoms with Crippen LogP contribution < -0.4 is 4.74 Å². The average Bonchev–Trinajstić information content (AvgIpc) is 2.26. The Kier molecular flexibility index (Phi) is 3.30. The lowest BCUT2D eigenvalue weighted by Gasteiger charge is -2.08. The van der Waals surface area contributed by atoms with Crippen molar-refractivity contribution in [2.45, 2.75) is 6.43 Å². The van der Waals surface area contributed by atoms with Crippen LogP contribution in [0.25, 0.3) is 0 Å². The van der Waals surface area contributed by atoms with Crippen LogP contribution in [0.1, 0.15) is 17.7 Å². The van der Waals surface area contributed by atoms with E-state index >= 15 is 0 Å². The highest BCUT2D eigenvalue weighted by atomic mass is 19.3. The van der Waals surface area contributed by atoms with Crippen molar-refractivity contribution in [1.82, 2.24) is 4.98 Å². The molecule has 0 saturated carbocycles. The molecule has 0 spiro atoms. The first-order valence-electron chi connectivity index (χ1n) is 3.92. The summed E-state index contributed by atoms with van der Waals surface area (Å²) in [6.45, 7) is 0. The summed E-state index contributed by atoms with van der Waals surface area (Å²) >= 11 is 0. The molecule has 8 heteroatoms. The van der Waals surface area contributed by atoms with Gasteiger partial charge in [-0.2, -0.15) is 5.26 Å². The van der Waals surface area contributed by atoms with E-state index in [-0.39, 0.29) is 0 Å². The Morgan fingerprint density at radius 3 is 2.69 bits per heavy atom. The molecule has 0 aliphatic carbocycles. The summed E-state index contributed by atoms with van der Waals surface area (Å²) < 4.78 is 29.8. The molecule has 0 aromatic carbocycles. The summed E-state index contributed by atoms with van der Waals surface area (Å²) in [6, 6.07) is 1.52. The maximum atomic E-state index is 12.6. The third-order valence-electron chi connectivity index (χ3n) is 1.78. The number of hydrogen-bond donors (Lipinski definition) is 0. The molecule has 1 aromatic rings. The fourth-order valence-electron chi connectivity index (χ4n) is 1.14. The van der Waals surface area contributed by atoms with Crippen LogP contribution in [0.2, 0.25) is 0 Å². The van der Waals surface area contributed by atoms with Crippen LogP contribution >= 0.6 is 0 Å². The molecule has 0 aliphatic rings. The van der Waals surface area contributed by atoms with Gasteiger partial charge in [-0.3, -0.25) is 10.1 Å². The van der Waals surface area contributed by atoms with Gasteiger partial charge >= 0.3 is 0 Å². The predicted octanol–water partition coefficient (Wildman–Crippen LogP) is 1.81. The third kappa shape index (κ3) is 1.88. The standard InChI is InChI=1S/C8H5F2N3O3/c1-16-7-4(2-11)12-3-5(13(14)15)6(7)8(9)10/h3,8H,1H3. The summed E-state index contributed by atoms with van der Waals surface area (Å²) in [7, 11) is 1.04. The molecule has 0 atom stereocenters. The number of alkyl halides is 2. The van der Waals surface area contributed by atoms with Crippen LogP contribution in [0.4, 0.5) is 14.5 Å². The molecule has 0 unspecified atom stereocenters. The van der Waals surface area contributed by atoms with E-state index in [1.54, 1.807) is 0 Å². The fourth-order valence-corrected chi connectivity index (χ4v) is 1.14. The molecule has 6 nitrogen and oxygen atoms in total. The number of aromatic nitrogens is 1.